The number of benzene rings is 4. The Bertz CT molecular complexity index is 1690. The van der Waals surface area contributed by atoms with Crippen molar-refractivity contribution in [2.24, 2.45) is 0 Å². The van der Waals surface area contributed by atoms with Crippen LogP contribution in [-0.4, -0.2) is 57.8 Å². The molecule has 0 aliphatic rings. The fourth-order valence-electron chi connectivity index (χ4n) is 4.91. The van der Waals surface area contributed by atoms with E-state index in [0.717, 1.165) is 5.56 Å². The molecule has 4 rings (SSSR count). The van der Waals surface area contributed by atoms with E-state index in [1.807, 2.05) is 0 Å². The zero-order valence-electron chi connectivity index (χ0n) is 28.0. The molecule has 0 aliphatic heterocycles. The highest BCUT2D eigenvalue weighted by Gasteiger charge is 2.29. The summed E-state index contributed by atoms with van der Waals surface area (Å²) in [4.78, 5) is 10.9. The van der Waals surface area contributed by atoms with Gasteiger partial charge >= 0.3 is 7.82 Å². The van der Waals surface area contributed by atoms with Crippen molar-refractivity contribution < 1.29 is 57.1 Å². The van der Waals surface area contributed by atoms with Gasteiger partial charge in [0.15, 0.2) is 34.5 Å². The first-order valence-corrected chi connectivity index (χ1v) is 16.3. The summed E-state index contributed by atoms with van der Waals surface area (Å²) in [6, 6.07) is 16.7. The van der Waals surface area contributed by atoms with Gasteiger partial charge in [-0.15, -0.1) is 0 Å². The second-order valence-electron chi connectivity index (χ2n) is 10.3. The van der Waals surface area contributed by atoms with E-state index in [9.17, 15) is 19.7 Å². The van der Waals surface area contributed by atoms with Gasteiger partial charge in [-0.25, -0.2) is 4.57 Å². The summed E-state index contributed by atoms with van der Waals surface area (Å²) in [5.74, 6) is 2.19. The molecule has 260 valence electrons. The molecule has 4 aromatic carbocycles. The first-order chi connectivity index (χ1) is 23.6. The lowest BCUT2D eigenvalue weighted by molar-refractivity contribution is 0.254. The van der Waals surface area contributed by atoms with Gasteiger partial charge in [0.25, 0.3) is 0 Å². The molecule has 3 N–H and O–H groups in total. The Labute approximate surface area is 284 Å². The van der Waals surface area contributed by atoms with E-state index >= 15 is 0 Å². The predicted molar refractivity (Wildman–Crippen MR) is 186 cm³/mol. The zero-order chi connectivity index (χ0) is 35.6. The molecule has 0 radical (unpaired) electrons. The number of methoxy groups -OCH3 is 6. The minimum absolute atomic E-state index is 0.0321. The number of aliphatic hydroxyl groups is 2. The number of rotatable bonds is 16. The maximum atomic E-state index is 13.3. The van der Waals surface area contributed by atoms with E-state index in [4.69, 9.17) is 37.5 Å². The van der Waals surface area contributed by atoms with Crippen LogP contribution >= 0.6 is 7.82 Å². The van der Waals surface area contributed by atoms with Crippen molar-refractivity contribution in [1.29, 1.82) is 0 Å². The summed E-state index contributed by atoms with van der Waals surface area (Å²) < 4.78 is 56.7. The van der Waals surface area contributed by atoms with Gasteiger partial charge in [0, 0.05) is 5.56 Å². The van der Waals surface area contributed by atoms with E-state index in [-0.39, 0.29) is 36.2 Å². The molecular formula is C36H39O12P. The number of hydrogen-bond acceptors (Lipinski definition) is 11. The van der Waals surface area contributed by atoms with Crippen LogP contribution < -0.4 is 37.5 Å². The Balaban J connectivity index is 1.58. The SMILES string of the molecule is COc1ccc(C=Cc2cc(CO)c(CO)c(OC)c2)cc1OP(=O)(O)Oc1cc(C=Cc2cc(OC)c(OC)c(OC)c2)ccc1OC. The van der Waals surface area contributed by atoms with Gasteiger partial charge < -0.3 is 47.7 Å². The van der Waals surface area contributed by atoms with Crippen molar-refractivity contribution in [3.8, 4) is 46.0 Å². The average molecular weight is 695 g/mol. The van der Waals surface area contributed by atoms with Gasteiger partial charge in [0.05, 0.1) is 55.9 Å². The standard InChI is InChI=1S/C36H39O12P/c1-41-29-13-11-23(7-9-25-15-27(21-37)28(22-38)31(18-25)43-3)16-32(29)47-49(39,40)48-33-17-24(12-14-30(33)42-2)8-10-26-19-34(44-4)36(46-6)35(20-26)45-5/h7-20,37-38H,21-22H2,1-6H3,(H,39,40). The minimum atomic E-state index is -4.79. The first kappa shape index (κ1) is 36.7. The third-order valence-corrected chi connectivity index (χ3v) is 8.15. The number of phosphoric acid groups is 1. The third kappa shape index (κ3) is 9.07. The van der Waals surface area contributed by atoms with Crippen molar-refractivity contribution >= 4 is 32.1 Å². The lowest BCUT2D eigenvalue weighted by atomic mass is 10.0. The summed E-state index contributed by atoms with van der Waals surface area (Å²) >= 11 is 0. The summed E-state index contributed by atoms with van der Waals surface area (Å²) in [6.07, 6.45) is 7.06. The molecule has 0 bridgehead atoms. The largest absolute Gasteiger partial charge is 0.585 e. The molecular weight excluding hydrogens is 655 g/mol. The summed E-state index contributed by atoms with van der Waals surface area (Å²) in [7, 11) is 4.08. The van der Waals surface area contributed by atoms with E-state index in [1.165, 1.54) is 54.8 Å². The van der Waals surface area contributed by atoms with Gasteiger partial charge in [-0.2, -0.15) is 0 Å². The van der Waals surface area contributed by atoms with Crippen molar-refractivity contribution in [3.63, 3.8) is 0 Å². The molecule has 0 fully saturated rings. The Morgan fingerprint density at radius 2 is 0.918 bits per heavy atom. The normalized spacial score (nSPS) is 12.4. The molecule has 0 spiro atoms. The van der Waals surface area contributed by atoms with E-state index in [2.05, 4.69) is 0 Å². The third-order valence-electron chi connectivity index (χ3n) is 7.30. The molecule has 0 amide bonds. The van der Waals surface area contributed by atoms with Crippen molar-refractivity contribution in [2.45, 2.75) is 13.2 Å². The highest BCUT2D eigenvalue weighted by molar-refractivity contribution is 7.48. The number of aliphatic hydroxyl groups excluding tert-OH is 2. The molecule has 0 saturated carbocycles. The van der Waals surface area contributed by atoms with Crippen LogP contribution in [0.4, 0.5) is 0 Å². The van der Waals surface area contributed by atoms with Crippen LogP contribution in [0.1, 0.15) is 33.4 Å². The molecule has 1 unspecified atom stereocenters. The lowest BCUT2D eigenvalue weighted by Crippen LogP contribution is -2.03. The summed E-state index contributed by atoms with van der Waals surface area (Å²) in [5.41, 5.74) is 3.69. The fraction of sp³-hybridized carbons (Fsp3) is 0.222. The molecule has 4 aromatic rings. The zero-order valence-corrected chi connectivity index (χ0v) is 28.9. The summed E-state index contributed by atoms with van der Waals surface area (Å²) in [5, 5.41) is 19.4. The van der Waals surface area contributed by atoms with Crippen molar-refractivity contribution in [3.05, 3.63) is 94.0 Å². The number of ether oxygens (including phenoxy) is 6. The van der Waals surface area contributed by atoms with Crippen LogP contribution in [0.5, 0.6) is 46.0 Å². The van der Waals surface area contributed by atoms with Gasteiger partial charge in [0.1, 0.15) is 5.75 Å². The van der Waals surface area contributed by atoms with Crippen LogP contribution in [0.15, 0.2) is 60.7 Å². The van der Waals surface area contributed by atoms with Crippen molar-refractivity contribution in [2.75, 3.05) is 42.7 Å². The lowest BCUT2D eigenvalue weighted by Gasteiger charge is -2.18. The maximum Gasteiger partial charge on any atom is 0.585 e. The van der Waals surface area contributed by atoms with Gasteiger partial charge in [0.2, 0.25) is 5.75 Å². The van der Waals surface area contributed by atoms with Crippen LogP contribution in [0.2, 0.25) is 0 Å². The first-order valence-electron chi connectivity index (χ1n) is 14.8. The van der Waals surface area contributed by atoms with Gasteiger partial charge in [-0.3, -0.25) is 4.89 Å². The molecule has 13 heteroatoms. The average Bonchev–Trinajstić information content (AvgIpc) is 3.11. The molecule has 49 heavy (non-hydrogen) atoms. The highest BCUT2D eigenvalue weighted by Crippen LogP contribution is 2.49. The Kier molecular flexibility index (Phi) is 12.6. The molecule has 0 aliphatic carbocycles. The quantitative estimate of drug-likeness (QED) is 0.0854. The fourth-order valence-corrected chi connectivity index (χ4v) is 5.73. The van der Waals surface area contributed by atoms with Crippen LogP contribution in [-0.2, 0) is 17.8 Å². The van der Waals surface area contributed by atoms with E-state index < -0.39 is 7.82 Å². The van der Waals surface area contributed by atoms with E-state index in [0.29, 0.717) is 50.8 Å². The minimum Gasteiger partial charge on any atom is -0.496 e. The monoisotopic (exact) mass is 694 g/mol. The van der Waals surface area contributed by atoms with Gasteiger partial charge in [-0.05, 0) is 76.3 Å². The van der Waals surface area contributed by atoms with Crippen molar-refractivity contribution in [1.82, 2.24) is 0 Å². The molecule has 0 heterocycles. The topological polar surface area (TPSA) is 152 Å². The van der Waals surface area contributed by atoms with Crippen LogP contribution in [0, 0.1) is 0 Å². The molecule has 0 aromatic heterocycles. The Morgan fingerprint density at radius 3 is 1.33 bits per heavy atom. The predicted octanol–water partition coefficient (Wildman–Crippen LogP) is 6.62. The van der Waals surface area contributed by atoms with Crippen LogP contribution in [0.3, 0.4) is 0 Å². The molecule has 0 saturated heterocycles. The summed E-state index contributed by atoms with van der Waals surface area (Å²) in [6.45, 7) is -0.565. The number of hydrogen-bond donors (Lipinski definition) is 3. The van der Waals surface area contributed by atoms with Gasteiger partial charge in [-0.1, -0.05) is 36.4 Å². The van der Waals surface area contributed by atoms with Crippen LogP contribution in [0.25, 0.3) is 24.3 Å². The Morgan fingerprint density at radius 1 is 0.510 bits per heavy atom. The molecule has 1 atom stereocenters. The maximum absolute atomic E-state index is 13.3. The highest BCUT2D eigenvalue weighted by atomic mass is 31.2. The Hall–Kier alpha value is -5.13. The number of phosphoric ester groups is 1. The molecule has 12 nitrogen and oxygen atoms in total. The smallest absolute Gasteiger partial charge is 0.496 e. The second-order valence-corrected chi connectivity index (χ2v) is 11.6. The second kappa shape index (κ2) is 16.8. The van der Waals surface area contributed by atoms with E-state index in [1.54, 1.807) is 72.8 Å².